The Labute approximate surface area is 182 Å². The van der Waals surface area contributed by atoms with Gasteiger partial charge in [-0.15, -0.1) is 0 Å². The number of ketones is 1. The molecule has 2 aliphatic rings. The van der Waals surface area contributed by atoms with Gasteiger partial charge in [0.05, 0.1) is 11.6 Å². The summed E-state index contributed by atoms with van der Waals surface area (Å²) in [6.07, 6.45) is 1.54. The second-order valence-corrected chi connectivity index (χ2v) is 8.43. The van der Waals surface area contributed by atoms with E-state index >= 15 is 0 Å². The molecule has 0 bridgehead atoms. The van der Waals surface area contributed by atoms with Crippen LogP contribution < -0.4 is 9.64 Å². The van der Waals surface area contributed by atoms with Crippen LogP contribution in [0, 0.1) is 0 Å². The van der Waals surface area contributed by atoms with Gasteiger partial charge in [0, 0.05) is 38.3 Å². The van der Waals surface area contributed by atoms with Crippen LogP contribution >= 0.6 is 0 Å². The maximum Gasteiger partial charge on any atom is 0.295 e. The van der Waals surface area contributed by atoms with Crippen LogP contribution in [-0.2, 0) is 16.0 Å². The average molecular weight is 421 g/mol. The van der Waals surface area contributed by atoms with Crippen molar-refractivity contribution in [3.05, 3.63) is 64.7 Å². The number of carbonyl (C=O) groups excluding carboxylic acids is 2. The summed E-state index contributed by atoms with van der Waals surface area (Å²) in [4.78, 5) is 29.4. The monoisotopic (exact) mass is 420 g/mol. The molecule has 1 fully saturated rings. The summed E-state index contributed by atoms with van der Waals surface area (Å²) in [6.45, 7) is 4.40. The second kappa shape index (κ2) is 8.10. The van der Waals surface area contributed by atoms with Crippen molar-refractivity contribution in [2.45, 2.75) is 38.8 Å². The van der Waals surface area contributed by atoms with Gasteiger partial charge in [-0.2, -0.15) is 0 Å². The smallest absolute Gasteiger partial charge is 0.295 e. The number of benzene rings is 2. The minimum absolute atomic E-state index is 0.0812. The van der Waals surface area contributed by atoms with Crippen LogP contribution in [0.25, 0.3) is 5.76 Å². The third-order valence-corrected chi connectivity index (χ3v) is 5.90. The first-order chi connectivity index (χ1) is 14.8. The van der Waals surface area contributed by atoms with Gasteiger partial charge in [-0.25, -0.2) is 0 Å². The fraction of sp³-hybridized carbons (Fsp3) is 0.360. The van der Waals surface area contributed by atoms with Crippen LogP contribution in [0.4, 0.5) is 5.69 Å². The van der Waals surface area contributed by atoms with Gasteiger partial charge in [-0.3, -0.25) is 9.59 Å². The van der Waals surface area contributed by atoms with Gasteiger partial charge in [-0.05, 0) is 54.8 Å². The first-order valence-electron chi connectivity index (χ1n) is 10.7. The molecule has 6 nitrogen and oxygen atoms in total. The maximum absolute atomic E-state index is 13.0. The normalized spacial score (nSPS) is 21.9. The van der Waals surface area contributed by atoms with Crippen LogP contribution in [0.2, 0.25) is 0 Å². The van der Waals surface area contributed by atoms with Crippen molar-refractivity contribution < 1.29 is 19.4 Å². The summed E-state index contributed by atoms with van der Waals surface area (Å²) in [7, 11) is 3.91. The molecule has 2 aromatic carbocycles. The van der Waals surface area contributed by atoms with Gasteiger partial charge in [0.2, 0.25) is 0 Å². The van der Waals surface area contributed by atoms with E-state index in [1.54, 1.807) is 11.0 Å². The fourth-order valence-corrected chi connectivity index (χ4v) is 4.38. The van der Waals surface area contributed by atoms with Gasteiger partial charge < -0.3 is 19.6 Å². The molecule has 4 rings (SSSR count). The van der Waals surface area contributed by atoms with E-state index in [0.29, 0.717) is 18.5 Å². The minimum Gasteiger partial charge on any atom is -0.507 e. The molecule has 1 N–H and O–H groups in total. The standard InChI is InChI=1S/C25H28N2O4/c1-5-12-27-22(16-6-9-19(10-7-16)26(3)4)21(24(29)25(27)30)23(28)17-8-11-20-18(14-17)13-15(2)31-20/h6-11,14-15,22,28H,5,12-13H2,1-4H3/b23-21-. The highest BCUT2D eigenvalue weighted by Crippen LogP contribution is 2.41. The lowest BCUT2D eigenvalue weighted by atomic mass is 9.94. The quantitative estimate of drug-likeness (QED) is 0.451. The van der Waals surface area contributed by atoms with Crippen molar-refractivity contribution in [1.82, 2.24) is 4.90 Å². The molecule has 1 amide bonds. The van der Waals surface area contributed by atoms with E-state index in [2.05, 4.69) is 0 Å². The molecule has 6 heteroatoms. The van der Waals surface area contributed by atoms with Crippen molar-refractivity contribution in [3.63, 3.8) is 0 Å². The zero-order valence-electron chi connectivity index (χ0n) is 18.4. The largest absolute Gasteiger partial charge is 0.507 e. The Morgan fingerprint density at radius 3 is 2.52 bits per heavy atom. The van der Waals surface area contributed by atoms with Crippen LogP contribution in [0.15, 0.2) is 48.0 Å². The lowest BCUT2D eigenvalue weighted by Gasteiger charge is -2.25. The van der Waals surface area contributed by atoms with Crippen molar-refractivity contribution in [2.24, 2.45) is 0 Å². The van der Waals surface area contributed by atoms with Gasteiger partial charge in [0.15, 0.2) is 0 Å². The van der Waals surface area contributed by atoms with Crippen molar-refractivity contribution in [2.75, 3.05) is 25.5 Å². The van der Waals surface area contributed by atoms with Crippen molar-refractivity contribution in [1.29, 1.82) is 0 Å². The Kier molecular flexibility index (Phi) is 5.48. The average Bonchev–Trinajstić information content (AvgIpc) is 3.24. The maximum atomic E-state index is 13.0. The first kappa shape index (κ1) is 21.0. The SMILES string of the molecule is CCCN1C(=O)C(=O)/C(=C(\O)c2ccc3c(c2)CC(C)O3)C1c1ccc(N(C)C)cc1. The van der Waals surface area contributed by atoms with E-state index in [1.165, 1.54) is 0 Å². The van der Waals surface area contributed by atoms with Gasteiger partial charge in [0.1, 0.15) is 17.6 Å². The molecular formula is C25H28N2O4. The predicted molar refractivity (Wildman–Crippen MR) is 120 cm³/mol. The number of fused-ring (bicyclic) bond motifs is 1. The Bertz CT molecular complexity index is 1060. The van der Waals surface area contributed by atoms with Gasteiger partial charge in [-0.1, -0.05) is 19.1 Å². The number of nitrogens with zero attached hydrogens (tertiary/aromatic N) is 2. The zero-order chi connectivity index (χ0) is 22.3. The van der Waals surface area contributed by atoms with Crippen molar-refractivity contribution in [3.8, 4) is 5.75 Å². The molecule has 0 spiro atoms. The number of hydrogen-bond donors (Lipinski definition) is 1. The number of carbonyl (C=O) groups is 2. The molecule has 162 valence electrons. The Hall–Kier alpha value is -3.28. The van der Waals surface area contributed by atoms with E-state index in [0.717, 1.165) is 29.0 Å². The molecule has 1 saturated heterocycles. The van der Waals surface area contributed by atoms with E-state index in [4.69, 9.17) is 4.74 Å². The molecule has 2 unspecified atom stereocenters. The lowest BCUT2D eigenvalue weighted by molar-refractivity contribution is -0.139. The second-order valence-electron chi connectivity index (χ2n) is 8.43. The highest BCUT2D eigenvalue weighted by atomic mass is 16.5. The Morgan fingerprint density at radius 2 is 1.87 bits per heavy atom. The topological polar surface area (TPSA) is 70.1 Å². The number of likely N-dealkylation sites (tertiary alicyclic amines) is 1. The van der Waals surface area contributed by atoms with Gasteiger partial charge in [0.25, 0.3) is 11.7 Å². The summed E-state index contributed by atoms with van der Waals surface area (Å²) >= 11 is 0. The molecule has 31 heavy (non-hydrogen) atoms. The van der Waals surface area contributed by atoms with E-state index < -0.39 is 17.7 Å². The summed E-state index contributed by atoms with van der Waals surface area (Å²) in [5.41, 5.74) is 3.48. The summed E-state index contributed by atoms with van der Waals surface area (Å²) in [5.74, 6) is -0.548. The van der Waals surface area contributed by atoms with E-state index in [9.17, 15) is 14.7 Å². The van der Waals surface area contributed by atoms with E-state index in [-0.39, 0.29) is 17.4 Å². The molecule has 0 saturated carbocycles. The minimum atomic E-state index is -0.641. The number of Topliss-reactive ketones (excluding diaryl/α,β-unsaturated/α-hetero) is 1. The number of rotatable bonds is 5. The zero-order valence-corrected chi connectivity index (χ0v) is 18.4. The van der Waals surface area contributed by atoms with Crippen LogP contribution in [-0.4, -0.2) is 48.4 Å². The Morgan fingerprint density at radius 1 is 1.16 bits per heavy atom. The fourth-order valence-electron chi connectivity index (χ4n) is 4.38. The summed E-state index contributed by atoms with van der Waals surface area (Å²) < 4.78 is 5.74. The molecule has 0 aliphatic carbocycles. The number of ether oxygens (including phenoxy) is 1. The summed E-state index contributed by atoms with van der Waals surface area (Å²) in [5, 5.41) is 11.2. The highest BCUT2D eigenvalue weighted by Gasteiger charge is 2.45. The number of amides is 1. The number of aliphatic hydroxyl groups excluding tert-OH is 1. The number of aliphatic hydroxyl groups is 1. The third kappa shape index (κ3) is 3.67. The summed E-state index contributed by atoms with van der Waals surface area (Å²) in [6, 6.07) is 12.5. The molecule has 2 heterocycles. The molecule has 2 aromatic rings. The first-order valence-corrected chi connectivity index (χ1v) is 10.7. The highest BCUT2D eigenvalue weighted by molar-refractivity contribution is 6.46. The molecule has 0 radical (unpaired) electrons. The number of anilines is 1. The van der Waals surface area contributed by atoms with Crippen LogP contribution in [0.5, 0.6) is 5.75 Å². The molecule has 0 aromatic heterocycles. The third-order valence-electron chi connectivity index (χ3n) is 5.90. The van der Waals surface area contributed by atoms with Gasteiger partial charge >= 0.3 is 0 Å². The molecular weight excluding hydrogens is 392 g/mol. The van der Waals surface area contributed by atoms with Crippen LogP contribution in [0.1, 0.15) is 43.0 Å². The van der Waals surface area contributed by atoms with E-state index in [1.807, 2.05) is 69.2 Å². The predicted octanol–water partition coefficient (Wildman–Crippen LogP) is 3.91. The molecule has 2 aliphatic heterocycles. The lowest BCUT2D eigenvalue weighted by Crippen LogP contribution is -2.30. The Balaban J connectivity index is 1.82. The number of hydrogen-bond acceptors (Lipinski definition) is 5. The molecule has 2 atom stereocenters. The van der Waals surface area contributed by atoms with Crippen molar-refractivity contribution >= 4 is 23.1 Å². The van der Waals surface area contributed by atoms with Crippen LogP contribution in [0.3, 0.4) is 0 Å².